The SMILES string of the molecule is CC(C)(CCCCNC(CO)CO)C(N)=NO. The number of unbranched alkanes of at least 4 members (excludes halogenated alkanes) is 1. The minimum Gasteiger partial charge on any atom is -0.409 e. The molecule has 0 saturated heterocycles. The first-order valence-electron chi connectivity index (χ1n) is 5.91. The van der Waals surface area contributed by atoms with Gasteiger partial charge in [-0.05, 0) is 19.4 Å². The van der Waals surface area contributed by atoms with Crippen LogP contribution < -0.4 is 11.1 Å². The Bertz CT molecular complexity index is 228. The molecule has 0 rings (SSSR count). The maximum Gasteiger partial charge on any atom is 0.144 e. The molecule has 0 heterocycles. The van der Waals surface area contributed by atoms with Gasteiger partial charge in [0.1, 0.15) is 5.84 Å². The molecule has 6 nitrogen and oxygen atoms in total. The van der Waals surface area contributed by atoms with Crippen molar-refractivity contribution in [2.45, 2.75) is 39.2 Å². The van der Waals surface area contributed by atoms with Gasteiger partial charge in [-0.25, -0.2) is 0 Å². The number of hydrogen-bond acceptors (Lipinski definition) is 5. The maximum absolute atomic E-state index is 8.83. The van der Waals surface area contributed by atoms with Crippen LogP contribution in [-0.2, 0) is 0 Å². The Balaban J connectivity index is 3.71. The largest absolute Gasteiger partial charge is 0.409 e. The molecule has 0 saturated carbocycles. The Hall–Kier alpha value is -0.850. The first-order chi connectivity index (χ1) is 7.97. The molecule has 102 valence electrons. The van der Waals surface area contributed by atoms with Crippen molar-refractivity contribution in [3.05, 3.63) is 0 Å². The summed E-state index contributed by atoms with van der Waals surface area (Å²) in [5.74, 6) is 0.244. The van der Waals surface area contributed by atoms with Crippen LogP contribution in [0.25, 0.3) is 0 Å². The molecule has 17 heavy (non-hydrogen) atoms. The van der Waals surface area contributed by atoms with Gasteiger partial charge in [-0.15, -0.1) is 0 Å². The quantitative estimate of drug-likeness (QED) is 0.128. The summed E-state index contributed by atoms with van der Waals surface area (Å²) in [6, 6.07) is -0.243. The average Bonchev–Trinajstić information content (AvgIpc) is 2.32. The van der Waals surface area contributed by atoms with Gasteiger partial charge in [0.25, 0.3) is 0 Å². The number of aliphatic hydroxyl groups excluding tert-OH is 2. The average molecular weight is 247 g/mol. The second-order valence-electron chi connectivity index (χ2n) is 4.84. The van der Waals surface area contributed by atoms with Gasteiger partial charge in [0.05, 0.1) is 19.3 Å². The molecule has 0 bridgehead atoms. The van der Waals surface area contributed by atoms with E-state index < -0.39 is 0 Å². The Morgan fingerprint density at radius 2 is 1.88 bits per heavy atom. The molecule has 0 fully saturated rings. The molecule has 0 aliphatic carbocycles. The molecule has 0 unspecified atom stereocenters. The van der Waals surface area contributed by atoms with Crippen molar-refractivity contribution in [2.24, 2.45) is 16.3 Å². The molecule has 0 aliphatic heterocycles. The molecule has 0 amide bonds. The number of aliphatic hydroxyl groups is 2. The minimum absolute atomic E-state index is 0.0634. The molecule has 0 atom stereocenters. The van der Waals surface area contributed by atoms with Gasteiger partial charge in [0.15, 0.2) is 0 Å². The first kappa shape index (κ1) is 16.1. The zero-order valence-electron chi connectivity index (χ0n) is 10.7. The zero-order chi connectivity index (χ0) is 13.3. The maximum atomic E-state index is 8.83. The summed E-state index contributed by atoms with van der Waals surface area (Å²) >= 11 is 0. The predicted molar refractivity (Wildman–Crippen MR) is 67.0 cm³/mol. The van der Waals surface area contributed by atoms with E-state index in [0.29, 0.717) is 0 Å². The van der Waals surface area contributed by atoms with Gasteiger partial charge >= 0.3 is 0 Å². The second kappa shape index (κ2) is 8.27. The van der Waals surface area contributed by atoms with Crippen molar-refractivity contribution in [3.8, 4) is 0 Å². The molecule has 0 radical (unpaired) electrons. The van der Waals surface area contributed by atoms with Crippen LogP contribution in [0.15, 0.2) is 5.16 Å². The summed E-state index contributed by atoms with van der Waals surface area (Å²) in [6.45, 7) is 4.47. The van der Waals surface area contributed by atoms with E-state index in [1.165, 1.54) is 0 Å². The molecule has 0 spiro atoms. The third-order valence-corrected chi connectivity index (χ3v) is 2.90. The topological polar surface area (TPSA) is 111 Å². The standard InChI is InChI=1S/C11H25N3O3/c1-11(2,10(12)14-17)5-3-4-6-13-9(7-15)8-16/h9,13,15-17H,3-8H2,1-2H3,(H2,12,14). The van der Waals surface area contributed by atoms with Crippen LogP contribution in [0.5, 0.6) is 0 Å². The van der Waals surface area contributed by atoms with Crippen molar-refractivity contribution in [1.82, 2.24) is 5.32 Å². The van der Waals surface area contributed by atoms with Crippen LogP contribution in [0, 0.1) is 5.41 Å². The smallest absolute Gasteiger partial charge is 0.144 e. The highest BCUT2D eigenvalue weighted by molar-refractivity contribution is 5.85. The van der Waals surface area contributed by atoms with E-state index in [2.05, 4.69) is 10.5 Å². The van der Waals surface area contributed by atoms with Gasteiger partial charge in [0, 0.05) is 5.41 Å². The monoisotopic (exact) mass is 247 g/mol. The van der Waals surface area contributed by atoms with Crippen molar-refractivity contribution in [3.63, 3.8) is 0 Å². The molecule has 0 aromatic rings. The van der Waals surface area contributed by atoms with E-state index in [1.54, 1.807) is 0 Å². The Morgan fingerprint density at radius 1 is 1.29 bits per heavy atom. The summed E-state index contributed by atoms with van der Waals surface area (Å²) in [7, 11) is 0. The van der Waals surface area contributed by atoms with Crippen LogP contribution in [0.1, 0.15) is 33.1 Å². The van der Waals surface area contributed by atoms with E-state index in [4.69, 9.17) is 21.2 Å². The molecule has 6 heteroatoms. The molecular weight excluding hydrogens is 222 g/mol. The van der Waals surface area contributed by atoms with E-state index >= 15 is 0 Å². The fraction of sp³-hybridized carbons (Fsp3) is 0.909. The van der Waals surface area contributed by atoms with E-state index in [0.717, 1.165) is 25.8 Å². The van der Waals surface area contributed by atoms with E-state index in [-0.39, 0.29) is 30.5 Å². The predicted octanol–water partition coefficient (Wildman–Crippen LogP) is -0.128. The van der Waals surface area contributed by atoms with Gasteiger partial charge in [-0.1, -0.05) is 25.4 Å². The van der Waals surface area contributed by atoms with E-state index in [9.17, 15) is 0 Å². The number of nitrogens with one attached hydrogen (secondary N) is 1. The summed E-state index contributed by atoms with van der Waals surface area (Å²) in [5.41, 5.74) is 5.27. The van der Waals surface area contributed by atoms with Crippen LogP contribution in [0.4, 0.5) is 0 Å². The number of nitrogens with two attached hydrogens (primary N) is 1. The molecular formula is C11H25N3O3. The fourth-order valence-corrected chi connectivity index (χ4v) is 1.45. The number of nitrogens with zero attached hydrogens (tertiary/aromatic N) is 1. The molecule has 6 N–H and O–H groups in total. The molecule has 0 aromatic heterocycles. The highest BCUT2D eigenvalue weighted by Gasteiger charge is 2.22. The third-order valence-electron chi connectivity index (χ3n) is 2.90. The van der Waals surface area contributed by atoms with Crippen molar-refractivity contribution in [2.75, 3.05) is 19.8 Å². The lowest BCUT2D eigenvalue weighted by Crippen LogP contribution is -2.36. The van der Waals surface area contributed by atoms with Crippen molar-refractivity contribution >= 4 is 5.84 Å². The van der Waals surface area contributed by atoms with Gasteiger partial charge < -0.3 is 26.5 Å². The second-order valence-corrected chi connectivity index (χ2v) is 4.84. The fourth-order valence-electron chi connectivity index (χ4n) is 1.45. The molecule has 0 aliphatic rings. The minimum atomic E-state index is -0.303. The highest BCUT2D eigenvalue weighted by atomic mass is 16.4. The summed E-state index contributed by atoms with van der Waals surface area (Å²) in [5, 5.41) is 32.3. The third kappa shape index (κ3) is 6.45. The van der Waals surface area contributed by atoms with Crippen molar-refractivity contribution in [1.29, 1.82) is 0 Å². The lowest BCUT2D eigenvalue weighted by molar-refractivity contribution is 0.170. The zero-order valence-corrected chi connectivity index (χ0v) is 10.7. The summed E-state index contributed by atoms with van der Waals surface area (Å²) in [6.07, 6.45) is 2.67. The van der Waals surface area contributed by atoms with Gasteiger partial charge in [-0.2, -0.15) is 0 Å². The first-order valence-corrected chi connectivity index (χ1v) is 5.91. The lowest BCUT2D eigenvalue weighted by atomic mass is 9.86. The lowest BCUT2D eigenvalue weighted by Gasteiger charge is -2.22. The highest BCUT2D eigenvalue weighted by Crippen LogP contribution is 2.22. The number of hydrogen-bond donors (Lipinski definition) is 5. The van der Waals surface area contributed by atoms with Gasteiger partial charge in [0.2, 0.25) is 0 Å². The van der Waals surface area contributed by atoms with Crippen molar-refractivity contribution < 1.29 is 15.4 Å². The summed E-state index contributed by atoms with van der Waals surface area (Å²) in [4.78, 5) is 0. The van der Waals surface area contributed by atoms with Crippen LogP contribution >= 0.6 is 0 Å². The Kier molecular flexibility index (Phi) is 7.86. The van der Waals surface area contributed by atoms with Crippen LogP contribution in [0.3, 0.4) is 0 Å². The number of amidine groups is 1. The summed E-state index contributed by atoms with van der Waals surface area (Å²) < 4.78 is 0. The van der Waals surface area contributed by atoms with E-state index in [1.807, 2.05) is 13.8 Å². The Morgan fingerprint density at radius 3 is 2.35 bits per heavy atom. The number of rotatable bonds is 9. The normalized spacial score (nSPS) is 13.4. The Labute approximate surface area is 103 Å². The van der Waals surface area contributed by atoms with Crippen LogP contribution in [-0.4, -0.2) is 47.1 Å². The van der Waals surface area contributed by atoms with Gasteiger partial charge in [-0.3, -0.25) is 0 Å². The van der Waals surface area contributed by atoms with Crippen LogP contribution in [0.2, 0.25) is 0 Å². The molecule has 0 aromatic carbocycles. The number of oxime groups is 1.